The number of hydrogen-bond acceptors (Lipinski definition) is 7. The largest absolute Gasteiger partial charge is 0.346 e. The summed E-state index contributed by atoms with van der Waals surface area (Å²) in [6, 6.07) is -3.84. The van der Waals surface area contributed by atoms with Gasteiger partial charge in [0.05, 0.1) is 11.8 Å². The Morgan fingerprint density at radius 3 is 2.13 bits per heavy atom. The first-order valence-electron chi connectivity index (χ1n) is 19.6. The molecular weight excluding hydrogens is 685 g/mol. The van der Waals surface area contributed by atoms with Crippen LogP contribution in [0.25, 0.3) is 0 Å². The van der Waals surface area contributed by atoms with Crippen LogP contribution in [0.1, 0.15) is 112 Å². The highest BCUT2D eigenvalue weighted by atomic mass is 32.2. The Labute approximate surface area is 311 Å². The molecule has 2 aliphatic heterocycles. The summed E-state index contributed by atoms with van der Waals surface area (Å²) in [5.74, 6) is -2.22. The van der Waals surface area contributed by atoms with E-state index in [9.17, 15) is 32.4 Å². The molecule has 2 aliphatic carbocycles. The van der Waals surface area contributed by atoms with Gasteiger partial charge in [0.1, 0.15) is 12.1 Å². The standard InChI is InChI=1S/C38H64N6O7S/c1-7-19-39-35(47)33(45)29(23-26-14-13-15-26)40-34(46)32-28(25(2)3)18-21-44(32)36(48)31(27-16-9-8-10-17-27)42-37(49)41-30(38(4,5)6)24-43-20-11-12-22-52(43,50)51/h7,25-32H,1,8-24H2,2-6H3,(H,39,47)(H,40,46)(H2,41,42,49)/t28-,29?,30-,31+,32+/m1/s1. The molecule has 4 fully saturated rings. The lowest BCUT2D eigenvalue weighted by Crippen LogP contribution is -2.61. The average molecular weight is 749 g/mol. The van der Waals surface area contributed by atoms with Crippen LogP contribution in [0.15, 0.2) is 12.7 Å². The quantitative estimate of drug-likeness (QED) is 0.147. The molecule has 2 heterocycles. The van der Waals surface area contributed by atoms with Crippen molar-refractivity contribution in [1.82, 2.24) is 30.5 Å². The predicted molar refractivity (Wildman–Crippen MR) is 200 cm³/mol. The zero-order valence-electron chi connectivity index (χ0n) is 32.1. The van der Waals surface area contributed by atoms with Gasteiger partial charge in [-0.2, -0.15) is 4.31 Å². The number of urea groups is 1. The highest BCUT2D eigenvalue weighted by Crippen LogP contribution is 2.35. The Balaban J connectivity index is 1.56. The molecule has 1 unspecified atom stereocenters. The lowest BCUT2D eigenvalue weighted by molar-refractivity contribution is -0.144. The zero-order valence-corrected chi connectivity index (χ0v) is 32.9. The predicted octanol–water partition coefficient (Wildman–Crippen LogP) is 3.49. The molecule has 13 nitrogen and oxygen atoms in total. The average Bonchev–Trinajstić information content (AvgIpc) is 3.53. The fourth-order valence-corrected chi connectivity index (χ4v) is 9.82. The van der Waals surface area contributed by atoms with Gasteiger partial charge in [-0.15, -0.1) is 6.58 Å². The summed E-state index contributed by atoms with van der Waals surface area (Å²) >= 11 is 0. The van der Waals surface area contributed by atoms with Gasteiger partial charge in [-0.05, 0) is 67.6 Å². The summed E-state index contributed by atoms with van der Waals surface area (Å²) in [6.45, 7) is 14.5. The number of carbonyl (C=O) groups excluding carboxylic acids is 5. The highest BCUT2D eigenvalue weighted by molar-refractivity contribution is 7.89. The van der Waals surface area contributed by atoms with Crippen molar-refractivity contribution in [3.8, 4) is 0 Å². The van der Waals surface area contributed by atoms with Crippen molar-refractivity contribution in [2.45, 2.75) is 136 Å². The number of sulfonamides is 1. The number of nitrogens with one attached hydrogen (secondary N) is 4. The summed E-state index contributed by atoms with van der Waals surface area (Å²) in [5.41, 5.74) is -0.479. The number of Topliss-reactive ketones (excluding diaryl/α,β-unsaturated/α-hetero) is 1. The second kappa shape index (κ2) is 18.4. The molecule has 52 heavy (non-hydrogen) atoms. The summed E-state index contributed by atoms with van der Waals surface area (Å²) < 4.78 is 27.1. The van der Waals surface area contributed by atoms with E-state index in [1.165, 1.54) is 10.4 Å². The number of ketones is 1. The van der Waals surface area contributed by atoms with Crippen LogP contribution in [0, 0.1) is 29.1 Å². The number of hydrogen-bond donors (Lipinski definition) is 4. The molecule has 0 aromatic carbocycles. The van der Waals surface area contributed by atoms with Gasteiger partial charge >= 0.3 is 6.03 Å². The Morgan fingerprint density at radius 2 is 1.56 bits per heavy atom. The molecule has 4 rings (SSSR count). The minimum Gasteiger partial charge on any atom is -0.346 e. The van der Waals surface area contributed by atoms with Crippen molar-refractivity contribution in [1.29, 1.82) is 0 Å². The number of likely N-dealkylation sites (tertiary alicyclic amines) is 1. The van der Waals surface area contributed by atoms with Crippen molar-refractivity contribution in [3.05, 3.63) is 12.7 Å². The highest BCUT2D eigenvalue weighted by Gasteiger charge is 2.47. The Morgan fingerprint density at radius 1 is 0.865 bits per heavy atom. The number of amides is 5. The van der Waals surface area contributed by atoms with E-state index in [1.54, 1.807) is 4.90 Å². The lowest BCUT2D eigenvalue weighted by Gasteiger charge is -2.38. The van der Waals surface area contributed by atoms with Gasteiger partial charge in [0.25, 0.3) is 5.91 Å². The van der Waals surface area contributed by atoms with E-state index in [0.717, 1.165) is 57.8 Å². The molecule has 0 aromatic heterocycles. The van der Waals surface area contributed by atoms with Crippen molar-refractivity contribution in [2.75, 3.05) is 31.9 Å². The van der Waals surface area contributed by atoms with Gasteiger partial charge in [0, 0.05) is 32.2 Å². The first kappa shape index (κ1) is 41.8. The van der Waals surface area contributed by atoms with E-state index in [1.807, 2.05) is 34.6 Å². The normalized spacial score (nSPS) is 24.6. The van der Waals surface area contributed by atoms with E-state index < -0.39 is 63.2 Å². The molecule has 5 atom stereocenters. The van der Waals surface area contributed by atoms with Crippen molar-refractivity contribution in [3.63, 3.8) is 0 Å². The van der Waals surface area contributed by atoms with Crippen LogP contribution in [0.2, 0.25) is 0 Å². The Kier molecular flexibility index (Phi) is 14.7. The van der Waals surface area contributed by atoms with E-state index >= 15 is 0 Å². The molecular formula is C38H64N6O7S. The molecule has 0 spiro atoms. The van der Waals surface area contributed by atoms with E-state index in [2.05, 4.69) is 27.8 Å². The zero-order chi connectivity index (χ0) is 38.2. The minimum absolute atomic E-state index is 0.0493. The third-order valence-electron chi connectivity index (χ3n) is 11.8. The molecule has 5 amide bonds. The molecule has 4 aliphatic rings. The summed E-state index contributed by atoms with van der Waals surface area (Å²) in [6.07, 6.45) is 11.1. The molecule has 0 aromatic rings. The molecule has 0 bridgehead atoms. The third kappa shape index (κ3) is 10.8. The summed E-state index contributed by atoms with van der Waals surface area (Å²) in [4.78, 5) is 70.5. The van der Waals surface area contributed by atoms with E-state index in [0.29, 0.717) is 32.4 Å². The van der Waals surface area contributed by atoms with Crippen LogP contribution >= 0.6 is 0 Å². The fraction of sp³-hybridized carbons (Fsp3) is 0.816. The van der Waals surface area contributed by atoms with Crippen LogP contribution in [-0.4, -0.2) is 103 Å². The van der Waals surface area contributed by atoms with Gasteiger partial charge < -0.3 is 26.2 Å². The maximum atomic E-state index is 14.7. The summed E-state index contributed by atoms with van der Waals surface area (Å²) in [7, 11) is -3.42. The van der Waals surface area contributed by atoms with Crippen molar-refractivity contribution < 1.29 is 32.4 Å². The SMILES string of the molecule is C=CCNC(=O)C(=O)C(CC1CCC1)NC(=O)[C@@H]1[C@@H](C(C)C)CCN1C(=O)[C@@H](NC(=O)N[C@H](CN1CCCCS1(=O)=O)C(C)(C)C)C1CCCCC1. The van der Waals surface area contributed by atoms with Gasteiger partial charge in [-0.3, -0.25) is 19.2 Å². The van der Waals surface area contributed by atoms with E-state index in [-0.39, 0.29) is 48.4 Å². The molecule has 2 saturated carbocycles. The smallest absolute Gasteiger partial charge is 0.315 e. The van der Waals surface area contributed by atoms with Crippen LogP contribution in [0.5, 0.6) is 0 Å². The first-order chi connectivity index (χ1) is 24.5. The van der Waals surface area contributed by atoms with Crippen LogP contribution in [-0.2, 0) is 29.2 Å². The first-order valence-corrected chi connectivity index (χ1v) is 21.2. The molecule has 0 radical (unpaired) electrons. The van der Waals surface area contributed by atoms with Crippen LogP contribution < -0.4 is 21.3 Å². The minimum atomic E-state index is -3.42. The van der Waals surface area contributed by atoms with Crippen LogP contribution in [0.4, 0.5) is 4.79 Å². The van der Waals surface area contributed by atoms with E-state index in [4.69, 9.17) is 0 Å². The number of carbonyl (C=O) groups is 5. The lowest BCUT2D eigenvalue weighted by atomic mass is 9.80. The molecule has 14 heteroatoms. The molecule has 4 N–H and O–H groups in total. The Bertz CT molecular complexity index is 1400. The number of rotatable bonds is 15. The molecule has 2 saturated heterocycles. The van der Waals surface area contributed by atoms with Crippen molar-refractivity contribution >= 4 is 39.6 Å². The summed E-state index contributed by atoms with van der Waals surface area (Å²) in [5, 5.41) is 11.5. The maximum Gasteiger partial charge on any atom is 0.315 e. The topological polar surface area (TPSA) is 174 Å². The fourth-order valence-electron chi connectivity index (χ4n) is 8.21. The second-order valence-corrected chi connectivity index (χ2v) is 19.0. The molecule has 294 valence electrons. The Hall–Kier alpha value is -3.00. The maximum absolute atomic E-state index is 14.7. The van der Waals surface area contributed by atoms with Crippen LogP contribution in [0.3, 0.4) is 0 Å². The monoisotopic (exact) mass is 748 g/mol. The van der Waals surface area contributed by atoms with Gasteiger partial charge in [-0.25, -0.2) is 13.2 Å². The second-order valence-electron chi connectivity index (χ2n) is 16.9. The van der Waals surface area contributed by atoms with Crippen molar-refractivity contribution in [2.24, 2.45) is 29.1 Å². The van der Waals surface area contributed by atoms with Gasteiger partial charge in [0.15, 0.2) is 0 Å². The van der Waals surface area contributed by atoms with Gasteiger partial charge in [0.2, 0.25) is 27.6 Å². The third-order valence-corrected chi connectivity index (χ3v) is 13.7. The van der Waals surface area contributed by atoms with Gasteiger partial charge in [-0.1, -0.05) is 79.2 Å². The number of nitrogens with zero attached hydrogens (tertiary/aromatic N) is 2.